The van der Waals surface area contributed by atoms with E-state index in [9.17, 15) is 4.79 Å². The highest BCUT2D eigenvalue weighted by Gasteiger charge is 2.22. The van der Waals surface area contributed by atoms with Crippen LogP contribution < -0.4 is 0 Å². The van der Waals surface area contributed by atoms with Gasteiger partial charge in [-0.2, -0.15) is 5.10 Å². The van der Waals surface area contributed by atoms with E-state index in [1.807, 2.05) is 19.4 Å². The Morgan fingerprint density at radius 2 is 2.53 bits per heavy atom. The molecule has 0 aromatic carbocycles. The van der Waals surface area contributed by atoms with Gasteiger partial charge in [-0.15, -0.1) is 0 Å². The number of carboxylic acid groups (broad SMARTS) is 1. The standard InChI is InChI=1S/C11H17N3O3/c1-13-6-9(5-12-13)7-14-2-3-17-10(8-14)4-11(15)16/h5-6,10H,2-4,7-8H2,1H3,(H,15,16). The number of hydrogen-bond donors (Lipinski definition) is 1. The third-order valence-corrected chi connectivity index (χ3v) is 2.79. The van der Waals surface area contributed by atoms with Gasteiger partial charge in [0.05, 0.1) is 25.3 Å². The molecule has 1 aromatic rings. The molecule has 1 aliphatic rings. The van der Waals surface area contributed by atoms with E-state index in [1.165, 1.54) is 0 Å². The Labute approximate surface area is 99.8 Å². The predicted octanol–water partition coefficient (Wildman–Crippen LogP) is 0.0956. The summed E-state index contributed by atoms with van der Waals surface area (Å²) in [6.45, 7) is 2.90. The molecule has 0 bridgehead atoms. The summed E-state index contributed by atoms with van der Waals surface area (Å²) in [6, 6.07) is 0. The topological polar surface area (TPSA) is 67.6 Å². The van der Waals surface area contributed by atoms with Crippen molar-refractivity contribution in [3.05, 3.63) is 18.0 Å². The number of carboxylic acids is 1. The van der Waals surface area contributed by atoms with E-state index < -0.39 is 5.97 Å². The van der Waals surface area contributed by atoms with Gasteiger partial charge < -0.3 is 9.84 Å². The van der Waals surface area contributed by atoms with Gasteiger partial charge >= 0.3 is 5.97 Å². The minimum absolute atomic E-state index is 0.0730. The van der Waals surface area contributed by atoms with Crippen molar-refractivity contribution in [1.29, 1.82) is 0 Å². The molecule has 1 fully saturated rings. The zero-order chi connectivity index (χ0) is 12.3. The second-order valence-corrected chi connectivity index (χ2v) is 4.35. The lowest BCUT2D eigenvalue weighted by molar-refractivity contribution is -0.142. The summed E-state index contributed by atoms with van der Waals surface area (Å²) in [5, 5.41) is 12.8. The lowest BCUT2D eigenvalue weighted by Gasteiger charge is -2.31. The Balaban J connectivity index is 1.87. The van der Waals surface area contributed by atoms with Crippen molar-refractivity contribution in [3.63, 3.8) is 0 Å². The molecule has 0 aliphatic carbocycles. The molecule has 1 N–H and O–H groups in total. The molecule has 0 spiro atoms. The second-order valence-electron chi connectivity index (χ2n) is 4.35. The van der Waals surface area contributed by atoms with E-state index in [-0.39, 0.29) is 12.5 Å². The highest BCUT2D eigenvalue weighted by molar-refractivity contribution is 5.67. The fourth-order valence-electron chi connectivity index (χ4n) is 2.05. The Hall–Kier alpha value is -1.40. The lowest BCUT2D eigenvalue weighted by atomic mass is 10.2. The molecule has 6 nitrogen and oxygen atoms in total. The molecule has 2 rings (SSSR count). The van der Waals surface area contributed by atoms with Gasteiger partial charge in [-0.05, 0) is 0 Å². The van der Waals surface area contributed by atoms with Gasteiger partial charge in [0.1, 0.15) is 0 Å². The van der Waals surface area contributed by atoms with Crippen LogP contribution in [0.25, 0.3) is 0 Å². The van der Waals surface area contributed by atoms with Crippen LogP contribution in [0, 0.1) is 0 Å². The quantitative estimate of drug-likeness (QED) is 0.807. The summed E-state index contributed by atoms with van der Waals surface area (Å²) in [4.78, 5) is 12.8. The Morgan fingerprint density at radius 3 is 3.18 bits per heavy atom. The van der Waals surface area contributed by atoms with E-state index in [0.717, 1.165) is 18.7 Å². The van der Waals surface area contributed by atoms with Crippen molar-refractivity contribution in [2.45, 2.75) is 19.1 Å². The molecular weight excluding hydrogens is 222 g/mol. The van der Waals surface area contributed by atoms with Crippen molar-refractivity contribution in [2.24, 2.45) is 7.05 Å². The molecule has 94 valence electrons. The first-order chi connectivity index (χ1) is 8.13. The number of carbonyl (C=O) groups is 1. The van der Waals surface area contributed by atoms with E-state index in [4.69, 9.17) is 9.84 Å². The maximum atomic E-state index is 10.6. The summed E-state index contributed by atoms with van der Waals surface area (Å²) in [5.41, 5.74) is 1.14. The van der Waals surface area contributed by atoms with Crippen molar-refractivity contribution in [1.82, 2.24) is 14.7 Å². The Morgan fingerprint density at radius 1 is 1.71 bits per heavy atom. The van der Waals surface area contributed by atoms with Crippen LogP contribution in [0.1, 0.15) is 12.0 Å². The summed E-state index contributed by atoms with van der Waals surface area (Å²) < 4.78 is 7.19. The van der Waals surface area contributed by atoms with Crippen LogP contribution in [-0.4, -0.2) is 51.6 Å². The maximum absolute atomic E-state index is 10.6. The van der Waals surface area contributed by atoms with Crippen LogP contribution in [0.15, 0.2) is 12.4 Å². The first kappa shape index (κ1) is 12.1. The van der Waals surface area contributed by atoms with Crippen molar-refractivity contribution < 1.29 is 14.6 Å². The van der Waals surface area contributed by atoms with E-state index in [2.05, 4.69) is 10.00 Å². The highest BCUT2D eigenvalue weighted by atomic mass is 16.5. The number of hydrogen-bond acceptors (Lipinski definition) is 4. The molecule has 1 aromatic heterocycles. The van der Waals surface area contributed by atoms with Crippen molar-refractivity contribution >= 4 is 5.97 Å². The Kier molecular flexibility index (Phi) is 3.75. The molecular formula is C11H17N3O3. The summed E-state index contributed by atoms with van der Waals surface area (Å²) in [5.74, 6) is -0.807. The first-order valence-corrected chi connectivity index (χ1v) is 5.67. The van der Waals surface area contributed by atoms with Crippen molar-refractivity contribution in [3.8, 4) is 0 Å². The number of ether oxygens (including phenoxy) is 1. The number of aliphatic carboxylic acids is 1. The average Bonchev–Trinajstić information content (AvgIpc) is 2.63. The predicted molar refractivity (Wildman–Crippen MR) is 60.5 cm³/mol. The SMILES string of the molecule is Cn1cc(CN2CCOC(CC(=O)O)C2)cn1. The molecule has 0 saturated carbocycles. The van der Waals surface area contributed by atoms with Gasteiger partial charge in [-0.25, -0.2) is 0 Å². The van der Waals surface area contributed by atoms with Gasteiger partial charge in [-0.1, -0.05) is 0 Å². The number of aryl methyl sites for hydroxylation is 1. The molecule has 1 aliphatic heterocycles. The zero-order valence-corrected chi connectivity index (χ0v) is 9.87. The molecule has 1 unspecified atom stereocenters. The number of nitrogens with zero attached hydrogens (tertiary/aromatic N) is 3. The fraction of sp³-hybridized carbons (Fsp3) is 0.636. The summed E-state index contributed by atoms with van der Waals surface area (Å²) >= 11 is 0. The summed E-state index contributed by atoms with van der Waals surface area (Å²) in [7, 11) is 1.88. The molecule has 1 saturated heterocycles. The first-order valence-electron chi connectivity index (χ1n) is 5.67. The van der Waals surface area contributed by atoms with Gasteiger partial charge in [0.2, 0.25) is 0 Å². The maximum Gasteiger partial charge on any atom is 0.306 e. The second kappa shape index (κ2) is 5.29. The van der Waals surface area contributed by atoms with Gasteiger partial charge in [0.15, 0.2) is 0 Å². The monoisotopic (exact) mass is 239 g/mol. The number of rotatable bonds is 4. The van der Waals surface area contributed by atoms with E-state index in [0.29, 0.717) is 13.2 Å². The molecule has 1 atom stereocenters. The average molecular weight is 239 g/mol. The zero-order valence-electron chi connectivity index (χ0n) is 9.87. The lowest BCUT2D eigenvalue weighted by Crippen LogP contribution is -2.42. The van der Waals surface area contributed by atoms with Crippen LogP contribution in [0.5, 0.6) is 0 Å². The minimum Gasteiger partial charge on any atom is -0.481 e. The highest BCUT2D eigenvalue weighted by Crippen LogP contribution is 2.12. The van der Waals surface area contributed by atoms with Crippen LogP contribution in [0.3, 0.4) is 0 Å². The third kappa shape index (κ3) is 3.54. The number of aromatic nitrogens is 2. The van der Waals surface area contributed by atoms with Crippen LogP contribution in [-0.2, 0) is 23.1 Å². The molecule has 17 heavy (non-hydrogen) atoms. The van der Waals surface area contributed by atoms with Crippen LogP contribution in [0.2, 0.25) is 0 Å². The smallest absolute Gasteiger partial charge is 0.306 e. The molecule has 0 amide bonds. The van der Waals surface area contributed by atoms with Crippen LogP contribution >= 0.6 is 0 Å². The van der Waals surface area contributed by atoms with E-state index in [1.54, 1.807) is 4.68 Å². The minimum atomic E-state index is -0.807. The normalized spacial score (nSPS) is 21.6. The summed E-state index contributed by atoms with van der Waals surface area (Å²) in [6.07, 6.45) is 3.69. The van der Waals surface area contributed by atoms with Crippen LogP contribution in [0.4, 0.5) is 0 Å². The van der Waals surface area contributed by atoms with Gasteiger partial charge in [-0.3, -0.25) is 14.4 Å². The molecule has 0 radical (unpaired) electrons. The van der Waals surface area contributed by atoms with Crippen molar-refractivity contribution in [2.75, 3.05) is 19.7 Å². The van der Waals surface area contributed by atoms with E-state index >= 15 is 0 Å². The van der Waals surface area contributed by atoms with Gasteiger partial charge in [0, 0.05) is 38.4 Å². The van der Waals surface area contributed by atoms with Gasteiger partial charge in [0.25, 0.3) is 0 Å². The Bertz CT molecular complexity index is 391. The third-order valence-electron chi connectivity index (χ3n) is 2.79. The number of morpholine rings is 1. The largest absolute Gasteiger partial charge is 0.481 e. The fourth-order valence-corrected chi connectivity index (χ4v) is 2.05. The molecule has 2 heterocycles. The molecule has 6 heteroatoms.